The first kappa shape index (κ1) is 13.6. The normalized spacial score (nSPS) is 12.3. The molecule has 0 aliphatic rings. The Kier molecular flexibility index (Phi) is 3.86. The summed E-state index contributed by atoms with van der Waals surface area (Å²) in [6.45, 7) is 1.95. The Hall–Kier alpha value is -1.87. The molecule has 100 valence electrons. The van der Waals surface area contributed by atoms with Crippen LogP contribution in [0, 0.1) is 12.7 Å². The van der Waals surface area contributed by atoms with Gasteiger partial charge in [-0.15, -0.1) is 0 Å². The van der Waals surface area contributed by atoms with E-state index in [9.17, 15) is 4.39 Å². The molecule has 0 bridgehead atoms. The number of hydrogen-bond acceptors (Lipinski definition) is 2. The molecular formula is C16H19FN2. The average Bonchev–Trinajstić information content (AvgIpc) is 2.41. The van der Waals surface area contributed by atoms with Crippen LogP contribution < -0.4 is 10.6 Å². The summed E-state index contributed by atoms with van der Waals surface area (Å²) < 4.78 is 13.4. The summed E-state index contributed by atoms with van der Waals surface area (Å²) in [7, 11) is 3.97. The summed E-state index contributed by atoms with van der Waals surface area (Å²) >= 11 is 0. The minimum absolute atomic E-state index is 0.250. The Balaban J connectivity index is 2.41. The lowest BCUT2D eigenvalue weighted by atomic mass is 9.95. The maximum atomic E-state index is 13.4. The van der Waals surface area contributed by atoms with Crippen LogP contribution in [0.15, 0.2) is 42.5 Å². The topological polar surface area (TPSA) is 29.3 Å². The highest BCUT2D eigenvalue weighted by molar-refractivity contribution is 5.49. The summed E-state index contributed by atoms with van der Waals surface area (Å²) in [4.78, 5) is 2.02. The first-order chi connectivity index (χ1) is 8.99. The van der Waals surface area contributed by atoms with Gasteiger partial charge in [0.2, 0.25) is 0 Å². The van der Waals surface area contributed by atoms with Crippen LogP contribution in [0.4, 0.5) is 10.1 Å². The average molecular weight is 258 g/mol. The van der Waals surface area contributed by atoms with Crippen molar-refractivity contribution in [2.75, 3.05) is 19.0 Å². The predicted octanol–water partition coefficient (Wildman–Crippen LogP) is 3.25. The molecule has 0 fully saturated rings. The fraction of sp³-hybridized carbons (Fsp3) is 0.250. The number of nitrogens with two attached hydrogens (primary N) is 1. The summed E-state index contributed by atoms with van der Waals surface area (Å²) in [5, 5.41) is 0. The van der Waals surface area contributed by atoms with Crippen molar-refractivity contribution in [2.24, 2.45) is 5.73 Å². The quantitative estimate of drug-likeness (QED) is 0.915. The van der Waals surface area contributed by atoms with Gasteiger partial charge in [0, 0.05) is 19.8 Å². The van der Waals surface area contributed by atoms with Crippen molar-refractivity contribution >= 4 is 5.69 Å². The Bertz CT molecular complexity index is 579. The van der Waals surface area contributed by atoms with Gasteiger partial charge in [-0.05, 0) is 47.9 Å². The summed E-state index contributed by atoms with van der Waals surface area (Å²) in [6.07, 6.45) is 0. The monoisotopic (exact) mass is 258 g/mol. The zero-order chi connectivity index (χ0) is 14.0. The largest absolute Gasteiger partial charge is 0.378 e. The highest BCUT2D eigenvalue weighted by Gasteiger charge is 2.13. The molecule has 3 heteroatoms. The maximum Gasteiger partial charge on any atom is 0.123 e. The molecule has 2 nitrogen and oxygen atoms in total. The number of rotatable bonds is 3. The van der Waals surface area contributed by atoms with E-state index in [1.807, 2.05) is 50.2 Å². The van der Waals surface area contributed by atoms with Gasteiger partial charge in [0.05, 0.1) is 6.04 Å². The van der Waals surface area contributed by atoms with Crippen molar-refractivity contribution in [2.45, 2.75) is 13.0 Å². The highest BCUT2D eigenvalue weighted by Crippen LogP contribution is 2.26. The second kappa shape index (κ2) is 5.41. The fourth-order valence-corrected chi connectivity index (χ4v) is 2.12. The van der Waals surface area contributed by atoms with E-state index < -0.39 is 0 Å². The molecule has 0 spiro atoms. The number of aryl methyl sites for hydroxylation is 1. The zero-order valence-corrected chi connectivity index (χ0v) is 11.5. The van der Waals surface area contributed by atoms with Crippen molar-refractivity contribution in [3.8, 4) is 0 Å². The Morgan fingerprint density at radius 1 is 1.11 bits per heavy atom. The smallest absolute Gasteiger partial charge is 0.123 e. The van der Waals surface area contributed by atoms with E-state index in [0.717, 1.165) is 22.4 Å². The van der Waals surface area contributed by atoms with E-state index in [2.05, 4.69) is 0 Å². The Labute approximate surface area is 113 Å². The highest BCUT2D eigenvalue weighted by atomic mass is 19.1. The third-order valence-electron chi connectivity index (χ3n) is 3.32. The molecule has 0 aromatic heterocycles. The molecule has 19 heavy (non-hydrogen) atoms. The predicted molar refractivity (Wildman–Crippen MR) is 77.9 cm³/mol. The second-order valence-electron chi connectivity index (χ2n) is 4.97. The van der Waals surface area contributed by atoms with Crippen LogP contribution in [0.2, 0.25) is 0 Å². The van der Waals surface area contributed by atoms with Crippen LogP contribution in [0.25, 0.3) is 0 Å². The van der Waals surface area contributed by atoms with Gasteiger partial charge in [0.1, 0.15) is 5.82 Å². The van der Waals surface area contributed by atoms with E-state index >= 15 is 0 Å². The van der Waals surface area contributed by atoms with Crippen LogP contribution in [0.5, 0.6) is 0 Å². The van der Waals surface area contributed by atoms with E-state index in [0.29, 0.717) is 0 Å². The van der Waals surface area contributed by atoms with E-state index in [1.165, 1.54) is 12.1 Å². The second-order valence-corrected chi connectivity index (χ2v) is 4.97. The van der Waals surface area contributed by atoms with Gasteiger partial charge in [-0.3, -0.25) is 0 Å². The Morgan fingerprint density at radius 2 is 1.84 bits per heavy atom. The molecule has 0 radical (unpaired) electrons. The number of anilines is 1. The molecule has 2 aromatic carbocycles. The zero-order valence-electron chi connectivity index (χ0n) is 11.5. The molecule has 0 aliphatic carbocycles. The van der Waals surface area contributed by atoms with Gasteiger partial charge < -0.3 is 10.6 Å². The maximum absolute atomic E-state index is 13.4. The van der Waals surface area contributed by atoms with E-state index in [1.54, 1.807) is 6.07 Å². The number of halogens is 1. The van der Waals surface area contributed by atoms with Crippen LogP contribution >= 0.6 is 0 Å². The molecule has 0 saturated heterocycles. The molecule has 1 atom stereocenters. The van der Waals surface area contributed by atoms with Crippen molar-refractivity contribution in [3.63, 3.8) is 0 Å². The van der Waals surface area contributed by atoms with Crippen molar-refractivity contribution in [1.29, 1.82) is 0 Å². The van der Waals surface area contributed by atoms with Crippen LogP contribution in [0.3, 0.4) is 0 Å². The molecule has 2 N–H and O–H groups in total. The van der Waals surface area contributed by atoms with Crippen LogP contribution in [-0.4, -0.2) is 14.1 Å². The lowest BCUT2D eigenvalue weighted by Gasteiger charge is -2.18. The minimum Gasteiger partial charge on any atom is -0.378 e. The van der Waals surface area contributed by atoms with Gasteiger partial charge >= 0.3 is 0 Å². The molecule has 0 heterocycles. The van der Waals surface area contributed by atoms with Crippen LogP contribution in [0.1, 0.15) is 22.7 Å². The number of benzene rings is 2. The van der Waals surface area contributed by atoms with Gasteiger partial charge in [-0.25, -0.2) is 4.39 Å². The SMILES string of the molecule is Cc1ccc(F)cc1C(N)c1cccc(N(C)C)c1. The summed E-state index contributed by atoms with van der Waals surface area (Å²) in [5.74, 6) is -0.250. The molecule has 2 rings (SSSR count). The Morgan fingerprint density at radius 3 is 2.53 bits per heavy atom. The summed E-state index contributed by atoms with van der Waals surface area (Å²) in [5.41, 5.74) is 10.2. The van der Waals surface area contributed by atoms with Gasteiger partial charge in [0.15, 0.2) is 0 Å². The van der Waals surface area contributed by atoms with Gasteiger partial charge in [0.25, 0.3) is 0 Å². The van der Waals surface area contributed by atoms with E-state index in [-0.39, 0.29) is 11.9 Å². The first-order valence-electron chi connectivity index (χ1n) is 6.28. The molecule has 2 aromatic rings. The molecule has 1 unspecified atom stereocenters. The van der Waals surface area contributed by atoms with Crippen molar-refractivity contribution in [3.05, 3.63) is 65.0 Å². The molecule has 0 amide bonds. The molecular weight excluding hydrogens is 239 g/mol. The molecule has 0 saturated carbocycles. The van der Waals surface area contributed by atoms with Gasteiger partial charge in [-0.1, -0.05) is 18.2 Å². The third kappa shape index (κ3) is 2.93. The number of hydrogen-bond donors (Lipinski definition) is 1. The van der Waals surface area contributed by atoms with E-state index in [4.69, 9.17) is 5.73 Å². The summed E-state index contributed by atoms with van der Waals surface area (Å²) in [6, 6.07) is 12.4. The van der Waals surface area contributed by atoms with Crippen molar-refractivity contribution in [1.82, 2.24) is 0 Å². The van der Waals surface area contributed by atoms with Gasteiger partial charge in [-0.2, -0.15) is 0 Å². The van der Waals surface area contributed by atoms with Crippen LogP contribution in [-0.2, 0) is 0 Å². The lowest BCUT2D eigenvalue weighted by Crippen LogP contribution is -2.15. The molecule has 0 aliphatic heterocycles. The van der Waals surface area contributed by atoms with Crippen molar-refractivity contribution < 1.29 is 4.39 Å². The third-order valence-corrected chi connectivity index (χ3v) is 3.32. The minimum atomic E-state index is -0.310. The first-order valence-corrected chi connectivity index (χ1v) is 6.28. The lowest BCUT2D eigenvalue weighted by molar-refractivity contribution is 0.622. The fourth-order valence-electron chi connectivity index (χ4n) is 2.12. The standard InChI is InChI=1S/C16H19FN2/c1-11-7-8-13(17)10-15(11)16(18)12-5-4-6-14(9-12)19(2)3/h4-10,16H,18H2,1-3H3. The number of nitrogens with zero attached hydrogens (tertiary/aromatic N) is 1.